The number of urea groups is 1. The van der Waals surface area contributed by atoms with Gasteiger partial charge in [0, 0.05) is 37.9 Å². The summed E-state index contributed by atoms with van der Waals surface area (Å²) in [5.74, 6) is 0.511. The molecule has 2 N–H and O–H groups in total. The van der Waals surface area contributed by atoms with E-state index in [9.17, 15) is 14.3 Å². The summed E-state index contributed by atoms with van der Waals surface area (Å²) in [7, 11) is 0. The van der Waals surface area contributed by atoms with Crippen molar-refractivity contribution in [3.63, 3.8) is 0 Å². The van der Waals surface area contributed by atoms with Gasteiger partial charge in [-0.1, -0.05) is 18.2 Å². The van der Waals surface area contributed by atoms with Crippen molar-refractivity contribution in [2.45, 2.75) is 37.6 Å². The first-order valence-electron chi connectivity index (χ1n) is 10.4. The van der Waals surface area contributed by atoms with E-state index in [0.29, 0.717) is 5.92 Å². The van der Waals surface area contributed by atoms with Crippen molar-refractivity contribution >= 4 is 11.7 Å². The molecule has 29 heavy (non-hydrogen) atoms. The molecule has 2 amide bonds. The van der Waals surface area contributed by atoms with Gasteiger partial charge in [-0.25, -0.2) is 9.18 Å². The van der Waals surface area contributed by atoms with E-state index in [4.69, 9.17) is 0 Å². The number of phenols is 1. The molecule has 154 valence electrons. The lowest BCUT2D eigenvalue weighted by Crippen LogP contribution is -2.50. The van der Waals surface area contributed by atoms with Crippen LogP contribution in [0.3, 0.4) is 0 Å². The molecule has 0 aliphatic carbocycles. The van der Waals surface area contributed by atoms with Crippen LogP contribution in [0.25, 0.3) is 0 Å². The van der Waals surface area contributed by atoms with Gasteiger partial charge in [-0.3, -0.25) is 0 Å². The van der Waals surface area contributed by atoms with E-state index in [1.54, 1.807) is 24.3 Å². The zero-order valence-corrected chi connectivity index (χ0v) is 16.6. The number of phenolic OH excluding ortho intramolecular Hbond substituents is 1. The number of halogens is 1. The Bertz CT molecular complexity index is 826. The van der Waals surface area contributed by atoms with E-state index in [0.717, 1.165) is 57.5 Å². The van der Waals surface area contributed by atoms with E-state index in [1.165, 1.54) is 11.6 Å². The second kappa shape index (κ2) is 8.72. The molecule has 2 aromatic carbocycles. The monoisotopic (exact) mass is 397 g/mol. The third-order valence-corrected chi connectivity index (χ3v) is 6.14. The molecule has 0 spiro atoms. The minimum absolute atomic E-state index is 0.0263. The zero-order valence-electron chi connectivity index (χ0n) is 16.6. The van der Waals surface area contributed by atoms with Gasteiger partial charge < -0.3 is 20.2 Å². The largest absolute Gasteiger partial charge is 0.508 e. The number of carbonyl (C=O) groups excluding carboxylic acids is 1. The highest BCUT2D eigenvalue weighted by atomic mass is 19.1. The highest BCUT2D eigenvalue weighted by Gasteiger charge is 2.27. The lowest BCUT2D eigenvalue weighted by molar-refractivity contribution is 0.175. The van der Waals surface area contributed by atoms with E-state index in [1.807, 2.05) is 23.1 Å². The number of rotatable bonds is 3. The summed E-state index contributed by atoms with van der Waals surface area (Å²) in [6, 6.07) is 14.3. The zero-order chi connectivity index (χ0) is 20.2. The SMILES string of the molecule is O=C(NC1CCN(c2cccc(F)c2)CC1)N1CCC(c2ccc(O)cc2)CC1. The third kappa shape index (κ3) is 4.81. The lowest BCUT2D eigenvalue weighted by atomic mass is 9.89. The Kier molecular flexibility index (Phi) is 5.88. The first-order valence-corrected chi connectivity index (χ1v) is 10.4. The molecule has 2 heterocycles. The second-order valence-electron chi connectivity index (χ2n) is 8.04. The van der Waals surface area contributed by atoms with Crippen LogP contribution in [0.2, 0.25) is 0 Å². The highest BCUT2D eigenvalue weighted by Crippen LogP contribution is 2.29. The molecule has 0 aromatic heterocycles. The van der Waals surface area contributed by atoms with Gasteiger partial charge in [-0.05, 0) is 67.5 Å². The van der Waals surface area contributed by atoms with Crippen LogP contribution >= 0.6 is 0 Å². The van der Waals surface area contributed by atoms with Crippen LogP contribution in [0.5, 0.6) is 5.75 Å². The minimum Gasteiger partial charge on any atom is -0.508 e. The third-order valence-electron chi connectivity index (χ3n) is 6.14. The first-order chi connectivity index (χ1) is 14.1. The fourth-order valence-electron chi connectivity index (χ4n) is 4.38. The number of hydrogen-bond donors (Lipinski definition) is 2. The van der Waals surface area contributed by atoms with Gasteiger partial charge in [0.05, 0.1) is 0 Å². The summed E-state index contributed by atoms with van der Waals surface area (Å²) < 4.78 is 13.4. The molecule has 2 aliphatic rings. The molecule has 0 unspecified atom stereocenters. The van der Waals surface area contributed by atoms with Gasteiger partial charge in [0.25, 0.3) is 0 Å². The van der Waals surface area contributed by atoms with Crippen molar-refractivity contribution in [1.82, 2.24) is 10.2 Å². The van der Waals surface area contributed by atoms with Crippen LogP contribution in [0, 0.1) is 5.82 Å². The predicted molar refractivity (Wildman–Crippen MR) is 112 cm³/mol. The van der Waals surface area contributed by atoms with Crippen molar-refractivity contribution in [3.8, 4) is 5.75 Å². The van der Waals surface area contributed by atoms with Crippen LogP contribution in [0.15, 0.2) is 48.5 Å². The Labute approximate surface area is 171 Å². The standard InChI is InChI=1S/C23H28FN3O2/c24-19-2-1-3-21(16-19)26-14-10-20(11-15-26)25-23(29)27-12-8-18(9-13-27)17-4-6-22(28)7-5-17/h1-7,16,18,20,28H,8-15H2,(H,25,29). The van der Waals surface area contributed by atoms with Crippen molar-refractivity contribution in [3.05, 3.63) is 59.9 Å². The number of aromatic hydroxyl groups is 1. The average Bonchev–Trinajstić information content (AvgIpc) is 2.75. The van der Waals surface area contributed by atoms with Crippen LogP contribution in [-0.2, 0) is 0 Å². The second-order valence-corrected chi connectivity index (χ2v) is 8.04. The minimum atomic E-state index is -0.214. The number of hydrogen-bond acceptors (Lipinski definition) is 3. The van der Waals surface area contributed by atoms with E-state index in [2.05, 4.69) is 10.2 Å². The van der Waals surface area contributed by atoms with Gasteiger partial charge in [-0.2, -0.15) is 0 Å². The van der Waals surface area contributed by atoms with E-state index < -0.39 is 0 Å². The van der Waals surface area contributed by atoms with Crippen molar-refractivity contribution in [2.24, 2.45) is 0 Å². The fraction of sp³-hybridized carbons (Fsp3) is 0.435. The van der Waals surface area contributed by atoms with Crippen molar-refractivity contribution in [1.29, 1.82) is 0 Å². The van der Waals surface area contributed by atoms with E-state index >= 15 is 0 Å². The van der Waals surface area contributed by atoms with Crippen LogP contribution in [-0.4, -0.2) is 48.3 Å². The van der Waals surface area contributed by atoms with Gasteiger partial charge in [0.15, 0.2) is 0 Å². The molecule has 6 heteroatoms. The predicted octanol–water partition coefficient (Wildman–Crippen LogP) is 4.09. The molecule has 0 atom stereocenters. The van der Waals surface area contributed by atoms with Gasteiger partial charge in [-0.15, -0.1) is 0 Å². The Morgan fingerprint density at radius 2 is 1.66 bits per heavy atom. The topological polar surface area (TPSA) is 55.8 Å². The summed E-state index contributed by atoms with van der Waals surface area (Å²) in [6.45, 7) is 3.13. The van der Waals surface area contributed by atoms with Gasteiger partial charge >= 0.3 is 6.03 Å². The summed E-state index contributed by atoms with van der Waals surface area (Å²) in [5, 5.41) is 12.6. The number of anilines is 1. The Morgan fingerprint density at radius 1 is 0.966 bits per heavy atom. The molecular weight excluding hydrogens is 369 g/mol. The number of amides is 2. The molecule has 2 fully saturated rings. The Hall–Kier alpha value is -2.76. The normalized spacial score (nSPS) is 18.7. The lowest BCUT2D eigenvalue weighted by Gasteiger charge is -2.36. The molecular formula is C23H28FN3O2. The summed E-state index contributed by atoms with van der Waals surface area (Å²) in [6.07, 6.45) is 3.62. The maximum atomic E-state index is 13.4. The number of benzene rings is 2. The van der Waals surface area contributed by atoms with Gasteiger partial charge in [0.2, 0.25) is 0 Å². The molecule has 0 bridgehead atoms. The molecule has 2 saturated heterocycles. The molecule has 4 rings (SSSR count). The number of piperidine rings is 2. The molecule has 2 aromatic rings. The van der Waals surface area contributed by atoms with Crippen molar-refractivity contribution in [2.75, 3.05) is 31.1 Å². The van der Waals surface area contributed by atoms with Gasteiger partial charge in [0.1, 0.15) is 11.6 Å². The smallest absolute Gasteiger partial charge is 0.317 e. The number of carbonyl (C=O) groups is 1. The highest BCUT2D eigenvalue weighted by molar-refractivity contribution is 5.74. The maximum absolute atomic E-state index is 13.4. The first kappa shape index (κ1) is 19.6. The summed E-state index contributed by atoms with van der Waals surface area (Å²) in [5.41, 5.74) is 2.14. The Morgan fingerprint density at radius 3 is 2.31 bits per heavy atom. The molecule has 2 aliphatic heterocycles. The number of likely N-dealkylation sites (tertiary alicyclic amines) is 1. The van der Waals surface area contributed by atoms with E-state index in [-0.39, 0.29) is 23.6 Å². The molecule has 5 nitrogen and oxygen atoms in total. The molecule has 0 saturated carbocycles. The quantitative estimate of drug-likeness (QED) is 0.820. The summed E-state index contributed by atoms with van der Waals surface area (Å²) >= 11 is 0. The van der Waals surface area contributed by atoms with Crippen LogP contribution < -0.4 is 10.2 Å². The average molecular weight is 397 g/mol. The van der Waals surface area contributed by atoms with Crippen molar-refractivity contribution < 1.29 is 14.3 Å². The fourth-order valence-corrected chi connectivity index (χ4v) is 4.38. The Balaban J connectivity index is 1.23. The number of nitrogens with one attached hydrogen (secondary N) is 1. The maximum Gasteiger partial charge on any atom is 0.317 e. The molecule has 0 radical (unpaired) electrons. The summed E-state index contributed by atoms with van der Waals surface area (Å²) in [4.78, 5) is 16.8. The number of nitrogens with zero attached hydrogens (tertiary/aromatic N) is 2. The van der Waals surface area contributed by atoms with Crippen LogP contribution in [0.4, 0.5) is 14.9 Å². The van der Waals surface area contributed by atoms with Crippen LogP contribution in [0.1, 0.15) is 37.2 Å².